The molecule has 0 aromatic carbocycles. The summed E-state index contributed by atoms with van der Waals surface area (Å²) in [6, 6.07) is 0. The van der Waals surface area contributed by atoms with E-state index in [-0.39, 0.29) is 0 Å². The van der Waals surface area contributed by atoms with Crippen LogP contribution in [-0.2, 0) is 0 Å². The summed E-state index contributed by atoms with van der Waals surface area (Å²) in [4.78, 5) is 5.24. The Bertz CT molecular complexity index is 215. The van der Waals surface area contributed by atoms with Gasteiger partial charge >= 0.3 is 0 Å². The zero-order valence-electron chi connectivity index (χ0n) is 14.3. The normalized spacial score (nSPS) is 17.4. The molecule has 0 atom stereocenters. The third-order valence-corrected chi connectivity index (χ3v) is 5.05. The summed E-state index contributed by atoms with van der Waals surface area (Å²) in [5, 5.41) is 1.12. The fourth-order valence-corrected chi connectivity index (χ4v) is 3.68. The molecule has 0 aromatic heterocycles. The molecule has 126 valence electrons. The molecule has 2 nitrogen and oxygen atoms in total. The molecule has 1 fully saturated rings. The summed E-state index contributed by atoms with van der Waals surface area (Å²) >= 11 is 3.53. The summed E-state index contributed by atoms with van der Waals surface area (Å²) in [5.74, 6) is 0. The number of rotatable bonds is 13. The van der Waals surface area contributed by atoms with Gasteiger partial charge in [-0.25, -0.2) is 0 Å². The Balaban J connectivity index is 1.80. The van der Waals surface area contributed by atoms with E-state index >= 15 is 0 Å². The highest BCUT2D eigenvalue weighted by Crippen LogP contribution is 2.11. The van der Waals surface area contributed by atoms with Crippen LogP contribution in [0.15, 0.2) is 0 Å². The Morgan fingerprint density at radius 3 is 1.52 bits per heavy atom. The molecule has 0 aromatic rings. The minimum atomic E-state index is 1.12. The predicted molar refractivity (Wildman–Crippen MR) is 98.5 cm³/mol. The number of hydrogen-bond acceptors (Lipinski definition) is 2. The quantitative estimate of drug-likeness (QED) is 0.339. The van der Waals surface area contributed by atoms with E-state index < -0.39 is 0 Å². The van der Waals surface area contributed by atoms with Gasteiger partial charge in [0.15, 0.2) is 0 Å². The van der Waals surface area contributed by atoms with Gasteiger partial charge in [0.05, 0.1) is 0 Å². The topological polar surface area (TPSA) is 6.48 Å². The highest BCUT2D eigenvalue weighted by Gasteiger charge is 2.15. The van der Waals surface area contributed by atoms with Crippen LogP contribution in [-0.4, -0.2) is 54.4 Å². The minimum absolute atomic E-state index is 1.12. The second kappa shape index (κ2) is 14.0. The Labute approximate surface area is 141 Å². The van der Waals surface area contributed by atoms with Crippen molar-refractivity contribution in [3.05, 3.63) is 0 Å². The molecular weight excluding hydrogens is 324 g/mol. The maximum atomic E-state index is 3.53. The molecule has 0 unspecified atom stereocenters. The van der Waals surface area contributed by atoms with Crippen LogP contribution in [0.1, 0.15) is 71.1 Å². The van der Waals surface area contributed by atoms with Gasteiger partial charge in [0, 0.05) is 38.1 Å². The summed E-state index contributed by atoms with van der Waals surface area (Å²) in [7, 11) is 0. The smallest absolute Gasteiger partial charge is 0.0159 e. The van der Waals surface area contributed by atoms with Crippen molar-refractivity contribution in [3.63, 3.8) is 0 Å². The van der Waals surface area contributed by atoms with Gasteiger partial charge in [0.25, 0.3) is 0 Å². The number of hydrogen-bond donors (Lipinski definition) is 0. The van der Waals surface area contributed by atoms with Crippen molar-refractivity contribution in [1.82, 2.24) is 9.80 Å². The number of piperazine rings is 1. The minimum Gasteiger partial charge on any atom is -0.301 e. The Morgan fingerprint density at radius 1 is 0.619 bits per heavy atom. The van der Waals surface area contributed by atoms with E-state index in [2.05, 4.69) is 32.7 Å². The van der Waals surface area contributed by atoms with Crippen molar-refractivity contribution in [2.75, 3.05) is 44.6 Å². The van der Waals surface area contributed by atoms with E-state index in [1.807, 2.05) is 0 Å². The lowest BCUT2D eigenvalue weighted by Gasteiger charge is -2.34. The van der Waals surface area contributed by atoms with Gasteiger partial charge in [-0.3, -0.25) is 4.90 Å². The molecule has 1 heterocycles. The van der Waals surface area contributed by atoms with Crippen LogP contribution in [0, 0.1) is 0 Å². The largest absolute Gasteiger partial charge is 0.301 e. The first-order valence-corrected chi connectivity index (χ1v) is 10.5. The average molecular weight is 361 g/mol. The predicted octanol–water partition coefficient (Wildman–Crippen LogP) is 4.92. The zero-order valence-corrected chi connectivity index (χ0v) is 15.9. The highest BCUT2D eigenvalue weighted by molar-refractivity contribution is 9.09. The van der Waals surface area contributed by atoms with Crippen LogP contribution in [0.2, 0.25) is 0 Å². The van der Waals surface area contributed by atoms with Gasteiger partial charge in [0.1, 0.15) is 0 Å². The van der Waals surface area contributed by atoms with Gasteiger partial charge < -0.3 is 4.90 Å². The Morgan fingerprint density at radius 2 is 1.05 bits per heavy atom. The average Bonchev–Trinajstić information content (AvgIpc) is 2.51. The van der Waals surface area contributed by atoms with E-state index in [9.17, 15) is 0 Å². The molecule has 0 saturated carbocycles. The lowest BCUT2D eigenvalue weighted by Crippen LogP contribution is -2.47. The summed E-state index contributed by atoms with van der Waals surface area (Å²) in [5.41, 5.74) is 0. The summed E-state index contributed by atoms with van der Waals surface area (Å²) in [6.07, 6.45) is 14.4. The van der Waals surface area contributed by atoms with Crippen molar-refractivity contribution in [1.29, 1.82) is 0 Å². The van der Waals surface area contributed by atoms with E-state index in [4.69, 9.17) is 0 Å². The molecule has 3 heteroatoms. The van der Waals surface area contributed by atoms with E-state index in [0.29, 0.717) is 0 Å². The molecule has 1 rings (SSSR count). The van der Waals surface area contributed by atoms with Crippen LogP contribution in [0.5, 0.6) is 0 Å². The van der Waals surface area contributed by atoms with Crippen LogP contribution < -0.4 is 0 Å². The lowest BCUT2D eigenvalue weighted by molar-refractivity contribution is 0.136. The SMILES string of the molecule is CCCCCCCCCCCCN1CCN(CCBr)CC1. The first-order chi connectivity index (χ1) is 10.4. The standard InChI is InChI=1S/C18H37BrN2/c1-2-3-4-5-6-7-8-9-10-11-13-20-15-17-21(14-12-19)18-16-20/h2-18H2,1H3. The summed E-state index contributed by atoms with van der Waals surface area (Å²) < 4.78 is 0. The second-order valence-electron chi connectivity index (χ2n) is 6.55. The molecule has 21 heavy (non-hydrogen) atoms. The molecule has 0 aliphatic carbocycles. The van der Waals surface area contributed by atoms with Crippen LogP contribution in [0.25, 0.3) is 0 Å². The van der Waals surface area contributed by atoms with Crippen molar-refractivity contribution in [3.8, 4) is 0 Å². The van der Waals surface area contributed by atoms with Crippen LogP contribution in [0.4, 0.5) is 0 Å². The molecule has 0 radical (unpaired) electrons. The van der Waals surface area contributed by atoms with Gasteiger partial charge in [-0.05, 0) is 13.0 Å². The molecule has 1 aliphatic rings. The van der Waals surface area contributed by atoms with Crippen molar-refractivity contribution in [2.24, 2.45) is 0 Å². The molecule has 0 amide bonds. The van der Waals surface area contributed by atoms with Crippen molar-refractivity contribution in [2.45, 2.75) is 71.1 Å². The maximum Gasteiger partial charge on any atom is 0.0159 e. The molecule has 0 bridgehead atoms. The van der Waals surface area contributed by atoms with Crippen LogP contribution in [0.3, 0.4) is 0 Å². The zero-order chi connectivity index (χ0) is 15.2. The molecule has 1 aliphatic heterocycles. The maximum absolute atomic E-state index is 3.53. The fourth-order valence-electron chi connectivity index (χ4n) is 3.18. The number of alkyl halides is 1. The Kier molecular flexibility index (Phi) is 13.0. The summed E-state index contributed by atoms with van der Waals surface area (Å²) in [6.45, 7) is 9.94. The third kappa shape index (κ3) is 10.7. The fraction of sp³-hybridized carbons (Fsp3) is 1.00. The number of halogens is 1. The number of unbranched alkanes of at least 4 members (excludes halogenated alkanes) is 9. The van der Waals surface area contributed by atoms with E-state index in [1.165, 1.54) is 103 Å². The van der Waals surface area contributed by atoms with E-state index in [0.717, 1.165) is 5.33 Å². The van der Waals surface area contributed by atoms with Crippen molar-refractivity contribution >= 4 is 15.9 Å². The van der Waals surface area contributed by atoms with Gasteiger partial charge in [-0.1, -0.05) is 80.6 Å². The van der Waals surface area contributed by atoms with Gasteiger partial charge in [-0.15, -0.1) is 0 Å². The third-order valence-electron chi connectivity index (χ3n) is 4.69. The molecule has 1 saturated heterocycles. The first kappa shape index (κ1) is 19.4. The molecular formula is C18H37BrN2. The highest BCUT2D eigenvalue weighted by atomic mass is 79.9. The van der Waals surface area contributed by atoms with Crippen molar-refractivity contribution < 1.29 is 0 Å². The van der Waals surface area contributed by atoms with Gasteiger partial charge in [-0.2, -0.15) is 0 Å². The van der Waals surface area contributed by atoms with E-state index in [1.54, 1.807) is 0 Å². The monoisotopic (exact) mass is 360 g/mol. The number of nitrogens with zero attached hydrogens (tertiary/aromatic N) is 2. The lowest BCUT2D eigenvalue weighted by atomic mass is 10.1. The molecule has 0 N–H and O–H groups in total. The molecule has 0 spiro atoms. The van der Waals surface area contributed by atoms with Gasteiger partial charge in [0.2, 0.25) is 0 Å². The first-order valence-electron chi connectivity index (χ1n) is 9.37. The Hall–Kier alpha value is 0.400. The second-order valence-corrected chi connectivity index (χ2v) is 7.35. The van der Waals surface area contributed by atoms with Crippen LogP contribution >= 0.6 is 15.9 Å².